The highest BCUT2D eigenvalue weighted by Crippen LogP contribution is 2.43. The lowest BCUT2D eigenvalue weighted by molar-refractivity contribution is -0.122. The summed E-state index contributed by atoms with van der Waals surface area (Å²) in [7, 11) is 1.50. The van der Waals surface area contributed by atoms with Gasteiger partial charge in [-0.1, -0.05) is 12.1 Å². The van der Waals surface area contributed by atoms with Crippen LogP contribution in [0.2, 0.25) is 0 Å². The lowest BCUT2D eigenvalue weighted by atomic mass is 10.1. The van der Waals surface area contributed by atoms with Gasteiger partial charge in [-0.3, -0.25) is 9.36 Å². The van der Waals surface area contributed by atoms with Gasteiger partial charge in [0.2, 0.25) is 5.91 Å². The maximum absolute atomic E-state index is 12.0. The highest BCUT2D eigenvalue weighted by Gasteiger charge is 2.47. The number of benzene rings is 1. The van der Waals surface area contributed by atoms with Crippen LogP contribution < -0.4 is 10.6 Å². The van der Waals surface area contributed by atoms with Crippen LogP contribution in [0.15, 0.2) is 30.6 Å². The molecule has 0 spiro atoms. The fourth-order valence-corrected chi connectivity index (χ4v) is 5.49. The van der Waals surface area contributed by atoms with Gasteiger partial charge in [0.15, 0.2) is 11.5 Å². The number of rotatable bonds is 5. The van der Waals surface area contributed by atoms with Gasteiger partial charge in [-0.15, -0.1) is 11.8 Å². The van der Waals surface area contributed by atoms with E-state index in [1.54, 1.807) is 17.8 Å². The molecule has 0 aliphatic carbocycles. The van der Waals surface area contributed by atoms with Gasteiger partial charge in [0.1, 0.15) is 34.2 Å². The van der Waals surface area contributed by atoms with E-state index in [0.29, 0.717) is 29.4 Å². The number of halogens is 1. The Labute approximate surface area is 190 Å². The summed E-state index contributed by atoms with van der Waals surface area (Å²) in [5, 5.41) is 25.4. The molecule has 30 heavy (non-hydrogen) atoms. The summed E-state index contributed by atoms with van der Waals surface area (Å²) in [6.45, 7) is 2.36. The highest BCUT2D eigenvalue weighted by atomic mass is 127. The third-order valence-electron chi connectivity index (χ3n) is 4.90. The predicted octanol–water partition coefficient (Wildman–Crippen LogP) is 1.43. The number of hydrogen-bond acceptors (Lipinski definition) is 8. The predicted molar refractivity (Wildman–Crippen MR) is 123 cm³/mol. The minimum absolute atomic E-state index is 0.330. The zero-order valence-corrected chi connectivity index (χ0v) is 19.3. The number of thioether (sulfide) groups is 1. The van der Waals surface area contributed by atoms with Crippen molar-refractivity contribution in [2.24, 2.45) is 0 Å². The minimum atomic E-state index is -1.18. The Balaban J connectivity index is 1.64. The van der Waals surface area contributed by atoms with Gasteiger partial charge in [-0.2, -0.15) is 0 Å². The second-order valence-corrected chi connectivity index (χ2v) is 9.48. The standard InChI is InChI=1S/C19H21IN6O3S/c1-9-24-16(22-7-10-4-3-5-11(20)6-10)12-17(25-9)26(8-23-12)19-14(28)13(27)15(30-19)18(29)21-2/h3-6,8,13-15,19,27-28H,7H2,1-2H3,(H,21,29)(H,22,24,25). The summed E-state index contributed by atoms with van der Waals surface area (Å²) in [4.78, 5) is 25.5. The van der Waals surface area contributed by atoms with Gasteiger partial charge < -0.3 is 20.8 Å². The number of aromatic nitrogens is 4. The molecular weight excluding hydrogens is 519 g/mol. The van der Waals surface area contributed by atoms with Crippen molar-refractivity contribution in [2.75, 3.05) is 12.4 Å². The zero-order chi connectivity index (χ0) is 21.4. The first kappa shape index (κ1) is 21.3. The molecule has 1 fully saturated rings. The number of nitrogens with one attached hydrogen (secondary N) is 2. The van der Waals surface area contributed by atoms with E-state index < -0.39 is 22.8 Å². The SMILES string of the molecule is CNC(=O)C1SC(n2cnc3c(NCc4cccc(I)c4)nc(C)nc32)C(O)C1O. The number of fused-ring (bicyclic) bond motifs is 1. The van der Waals surface area contributed by atoms with Crippen molar-refractivity contribution in [1.29, 1.82) is 0 Å². The number of imidazole rings is 1. The summed E-state index contributed by atoms with van der Waals surface area (Å²) < 4.78 is 2.85. The van der Waals surface area contributed by atoms with Crippen molar-refractivity contribution in [3.05, 3.63) is 45.6 Å². The minimum Gasteiger partial charge on any atom is -0.389 e. The van der Waals surface area contributed by atoms with Gasteiger partial charge >= 0.3 is 0 Å². The second kappa shape index (κ2) is 8.65. The van der Waals surface area contributed by atoms with Gasteiger partial charge in [0.25, 0.3) is 0 Å². The normalized spacial score (nSPS) is 23.6. The number of hydrogen-bond donors (Lipinski definition) is 4. The van der Waals surface area contributed by atoms with Crippen LogP contribution in [0.4, 0.5) is 5.82 Å². The summed E-state index contributed by atoms with van der Waals surface area (Å²) in [6, 6.07) is 8.15. The Morgan fingerprint density at radius 3 is 2.83 bits per heavy atom. The van der Waals surface area contributed by atoms with Crippen molar-refractivity contribution >= 4 is 57.2 Å². The van der Waals surface area contributed by atoms with Crippen LogP contribution in [-0.2, 0) is 11.3 Å². The molecule has 4 unspecified atom stereocenters. The van der Waals surface area contributed by atoms with Crippen LogP contribution in [0.25, 0.3) is 11.2 Å². The summed E-state index contributed by atoms with van der Waals surface area (Å²) in [6.07, 6.45) is -0.749. The van der Waals surface area contributed by atoms with Crippen LogP contribution in [0.1, 0.15) is 16.8 Å². The molecule has 0 bridgehead atoms. The Morgan fingerprint density at radius 2 is 2.10 bits per heavy atom. The smallest absolute Gasteiger partial charge is 0.235 e. The summed E-state index contributed by atoms with van der Waals surface area (Å²) in [5.41, 5.74) is 2.22. The highest BCUT2D eigenvalue weighted by molar-refractivity contribution is 14.1. The number of aliphatic hydroxyl groups excluding tert-OH is 2. The van der Waals surface area contributed by atoms with Crippen LogP contribution in [0, 0.1) is 10.5 Å². The van der Waals surface area contributed by atoms with E-state index >= 15 is 0 Å². The van der Waals surface area contributed by atoms with Crippen molar-refractivity contribution in [2.45, 2.75) is 36.3 Å². The van der Waals surface area contributed by atoms with Gasteiger partial charge in [-0.25, -0.2) is 15.0 Å². The fraction of sp³-hybridized carbons (Fsp3) is 0.368. The molecule has 1 saturated heterocycles. The molecule has 2 aromatic heterocycles. The number of carbonyl (C=O) groups excluding carboxylic acids is 1. The number of nitrogens with zero attached hydrogens (tertiary/aromatic N) is 4. The van der Waals surface area contributed by atoms with Crippen molar-refractivity contribution in [1.82, 2.24) is 24.8 Å². The van der Waals surface area contributed by atoms with Gasteiger partial charge in [0.05, 0.1) is 6.33 Å². The maximum atomic E-state index is 12.0. The van der Waals surface area contributed by atoms with E-state index in [2.05, 4.69) is 54.2 Å². The molecule has 1 amide bonds. The lowest BCUT2D eigenvalue weighted by Gasteiger charge is -2.17. The topological polar surface area (TPSA) is 125 Å². The Bertz CT molecular complexity index is 1090. The second-order valence-electron chi connectivity index (χ2n) is 6.97. The summed E-state index contributed by atoms with van der Waals surface area (Å²) in [5.74, 6) is 0.815. The van der Waals surface area contributed by atoms with Gasteiger partial charge in [-0.05, 0) is 47.2 Å². The molecule has 4 rings (SSSR count). The van der Waals surface area contributed by atoms with Crippen LogP contribution in [0.3, 0.4) is 0 Å². The first-order valence-electron chi connectivity index (χ1n) is 9.31. The molecular formula is C19H21IN6O3S. The van der Waals surface area contributed by atoms with Crippen molar-refractivity contribution in [3.63, 3.8) is 0 Å². The van der Waals surface area contributed by atoms with E-state index in [1.165, 1.54) is 18.8 Å². The molecule has 158 valence electrons. The Morgan fingerprint density at radius 1 is 1.30 bits per heavy atom. The molecule has 9 nitrogen and oxygen atoms in total. The monoisotopic (exact) mass is 540 g/mol. The molecule has 1 aliphatic heterocycles. The first-order valence-corrected chi connectivity index (χ1v) is 11.3. The van der Waals surface area contributed by atoms with Crippen LogP contribution >= 0.6 is 34.4 Å². The Hall–Kier alpha value is -1.96. The number of anilines is 1. The maximum Gasteiger partial charge on any atom is 0.235 e. The number of amides is 1. The molecule has 3 heterocycles. The van der Waals surface area contributed by atoms with E-state index in [4.69, 9.17) is 0 Å². The van der Waals surface area contributed by atoms with Crippen molar-refractivity contribution in [3.8, 4) is 0 Å². The number of aliphatic hydroxyl groups is 2. The third-order valence-corrected chi connectivity index (χ3v) is 7.14. The largest absolute Gasteiger partial charge is 0.389 e. The molecule has 1 aliphatic rings. The Kier molecular flexibility index (Phi) is 6.14. The van der Waals surface area contributed by atoms with E-state index in [1.807, 2.05) is 18.2 Å². The molecule has 3 aromatic rings. The van der Waals surface area contributed by atoms with E-state index in [0.717, 1.165) is 9.13 Å². The van der Waals surface area contributed by atoms with Crippen molar-refractivity contribution < 1.29 is 15.0 Å². The summed E-state index contributed by atoms with van der Waals surface area (Å²) >= 11 is 3.46. The number of aryl methyl sites for hydroxylation is 1. The lowest BCUT2D eigenvalue weighted by Crippen LogP contribution is -2.39. The molecule has 0 saturated carbocycles. The zero-order valence-electron chi connectivity index (χ0n) is 16.3. The molecule has 11 heteroatoms. The van der Waals surface area contributed by atoms with Gasteiger partial charge in [0, 0.05) is 17.2 Å². The fourth-order valence-electron chi connectivity index (χ4n) is 3.42. The quantitative estimate of drug-likeness (QED) is 0.359. The van der Waals surface area contributed by atoms with Crippen LogP contribution in [-0.4, -0.2) is 60.1 Å². The number of carbonyl (C=O) groups is 1. The first-order chi connectivity index (χ1) is 14.4. The molecule has 1 aromatic carbocycles. The molecule has 0 radical (unpaired) electrons. The van der Waals surface area contributed by atoms with E-state index in [-0.39, 0.29) is 5.91 Å². The molecule has 4 N–H and O–H groups in total. The molecule has 4 atom stereocenters. The average Bonchev–Trinajstić information content (AvgIpc) is 3.27. The van der Waals surface area contributed by atoms with E-state index in [9.17, 15) is 15.0 Å². The third kappa shape index (κ3) is 3.98. The average molecular weight is 540 g/mol. The van der Waals surface area contributed by atoms with Crippen LogP contribution in [0.5, 0.6) is 0 Å².